The Labute approximate surface area is 112 Å². The fraction of sp³-hybridized carbons (Fsp3) is 0.643. The first-order chi connectivity index (χ1) is 8.29. The average Bonchev–Trinajstić information content (AvgIpc) is 2.30. The van der Waals surface area contributed by atoms with Crippen molar-refractivity contribution < 1.29 is 0 Å². The maximum absolute atomic E-state index is 4.23. The highest BCUT2D eigenvalue weighted by Crippen LogP contribution is 2.36. The van der Waals surface area contributed by atoms with Gasteiger partial charge in [-0.3, -0.25) is 4.98 Å². The van der Waals surface area contributed by atoms with Crippen LogP contribution in [0.1, 0.15) is 31.7 Å². The molecule has 0 amide bonds. The summed E-state index contributed by atoms with van der Waals surface area (Å²) in [4.78, 5) is 4.23. The fourth-order valence-corrected chi connectivity index (χ4v) is 2.92. The van der Waals surface area contributed by atoms with Crippen LogP contribution in [0.15, 0.2) is 22.9 Å². The predicted molar refractivity (Wildman–Crippen MR) is 75.0 cm³/mol. The van der Waals surface area contributed by atoms with Crippen LogP contribution in [0.4, 0.5) is 0 Å². The molecule has 1 N–H and O–H groups in total. The van der Waals surface area contributed by atoms with Gasteiger partial charge in [-0.25, -0.2) is 0 Å². The summed E-state index contributed by atoms with van der Waals surface area (Å²) in [6.45, 7) is 4.57. The highest BCUT2D eigenvalue weighted by atomic mass is 79.9. The summed E-state index contributed by atoms with van der Waals surface area (Å²) in [5.74, 6) is 1.73. The van der Waals surface area contributed by atoms with Gasteiger partial charge in [-0.2, -0.15) is 0 Å². The van der Waals surface area contributed by atoms with Gasteiger partial charge < -0.3 is 5.32 Å². The van der Waals surface area contributed by atoms with Gasteiger partial charge in [0.05, 0.1) is 0 Å². The molecule has 0 spiro atoms. The van der Waals surface area contributed by atoms with E-state index in [0.29, 0.717) is 0 Å². The molecular formula is C14H21BrN2. The van der Waals surface area contributed by atoms with Gasteiger partial charge in [-0.05, 0) is 78.2 Å². The van der Waals surface area contributed by atoms with Crippen LogP contribution in [0, 0.1) is 11.8 Å². The molecule has 1 heterocycles. The molecule has 1 aromatic rings. The van der Waals surface area contributed by atoms with E-state index in [1.54, 1.807) is 0 Å². The number of hydrogen-bond donors (Lipinski definition) is 1. The van der Waals surface area contributed by atoms with Crippen LogP contribution in [0.2, 0.25) is 0 Å². The maximum atomic E-state index is 4.23. The van der Waals surface area contributed by atoms with Gasteiger partial charge in [0, 0.05) is 16.9 Å². The Balaban J connectivity index is 1.79. The number of nitrogens with zero attached hydrogens (tertiary/aromatic N) is 1. The molecule has 0 radical (unpaired) electrons. The van der Waals surface area contributed by atoms with E-state index in [4.69, 9.17) is 0 Å². The summed E-state index contributed by atoms with van der Waals surface area (Å²) in [7, 11) is 0. The first kappa shape index (κ1) is 13.0. The van der Waals surface area contributed by atoms with Crippen molar-refractivity contribution >= 4 is 15.9 Å². The second-order valence-corrected chi connectivity index (χ2v) is 5.93. The van der Waals surface area contributed by atoms with Crippen LogP contribution >= 0.6 is 15.9 Å². The van der Waals surface area contributed by atoms with E-state index in [1.165, 1.54) is 37.8 Å². The van der Waals surface area contributed by atoms with Crippen molar-refractivity contribution in [2.24, 2.45) is 11.8 Å². The number of pyridine rings is 1. The van der Waals surface area contributed by atoms with E-state index in [2.05, 4.69) is 39.2 Å². The van der Waals surface area contributed by atoms with Gasteiger partial charge in [0.25, 0.3) is 0 Å². The number of hydrogen-bond acceptors (Lipinski definition) is 2. The van der Waals surface area contributed by atoms with Gasteiger partial charge in [0.2, 0.25) is 0 Å². The van der Waals surface area contributed by atoms with Crippen LogP contribution in [0.5, 0.6) is 0 Å². The molecule has 1 aliphatic carbocycles. The topological polar surface area (TPSA) is 24.9 Å². The minimum atomic E-state index is 0.857. The van der Waals surface area contributed by atoms with Crippen molar-refractivity contribution in [3.63, 3.8) is 0 Å². The Morgan fingerprint density at radius 2 is 2.18 bits per heavy atom. The van der Waals surface area contributed by atoms with Crippen molar-refractivity contribution in [2.75, 3.05) is 13.1 Å². The monoisotopic (exact) mass is 296 g/mol. The van der Waals surface area contributed by atoms with Crippen molar-refractivity contribution in [1.29, 1.82) is 0 Å². The zero-order valence-electron chi connectivity index (χ0n) is 10.5. The van der Waals surface area contributed by atoms with Crippen LogP contribution in [-0.4, -0.2) is 18.1 Å². The summed E-state index contributed by atoms with van der Waals surface area (Å²) in [6, 6.07) is 2.20. The average molecular weight is 297 g/mol. The van der Waals surface area contributed by atoms with Crippen molar-refractivity contribution in [1.82, 2.24) is 10.3 Å². The lowest BCUT2D eigenvalue weighted by molar-refractivity contribution is 0.171. The smallest absolute Gasteiger partial charge is 0.0410 e. The maximum Gasteiger partial charge on any atom is 0.0410 e. The summed E-state index contributed by atoms with van der Waals surface area (Å²) >= 11 is 3.48. The van der Waals surface area contributed by atoms with E-state index in [0.717, 1.165) is 22.9 Å². The molecule has 17 heavy (non-hydrogen) atoms. The van der Waals surface area contributed by atoms with Crippen LogP contribution in [0.25, 0.3) is 0 Å². The molecule has 2 nitrogen and oxygen atoms in total. The Kier molecular flexibility index (Phi) is 4.99. The van der Waals surface area contributed by atoms with E-state index >= 15 is 0 Å². The molecule has 2 unspecified atom stereocenters. The Morgan fingerprint density at radius 1 is 1.35 bits per heavy atom. The van der Waals surface area contributed by atoms with Gasteiger partial charge in [0.1, 0.15) is 0 Å². The zero-order valence-corrected chi connectivity index (χ0v) is 12.0. The van der Waals surface area contributed by atoms with E-state index in [9.17, 15) is 0 Å². The number of rotatable bonds is 6. The summed E-state index contributed by atoms with van der Waals surface area (Å²) in [6.07, 6.45) is 9.04. The predicted octanol–water partition coefficient (Wildman–Crippen LogP) is 3.41. The number of halogens is 1. The molecule has 1 saturated carbocycles. The standard InChI is InChI=1S/C14H21BrN2/c1-2-5-16-9-13-4-3-12(13)6-11-7-14(15)10-17-8-11/h7-8,10,12-13,16H,2-6,9H2,1H3. The first-order valence-corrected chi connectivity index (χ1v) is 7.39. The van der Waals surface area contributed by atoms with Crippen molar-refractivity contribution in [2.45, 2.75) is 32.6 Å². The van der Waals surface area contributed by atoms with E-state index in [-0.39, 0.29) is 0 Å². The third kappa shape index (κ3) is 3.78. The van der Waals surface area contributed by atoms with Crippen LogP contribution in [0.3, 0.4) is 0 Å². The molecule has 0 aromatic carbocycles. The normalized spacial score (nSPS) is 23.4. The molecule has 0 saturated heterocycles. The first-order valence-electron chi connectivity index (χ1n) is 6.59. The molecule has 1 aromatic heterocycles. The minimum Gasteiger partial charge on any atom is -0.316 e. The Bertz CT molecular complexity index is 354. The number of aromatic nitrogens is 1. The van der Waals surface area contributed by atoms with E-state index in [1.807, 2.05) is 12.4 Å². The third-order valence-corrected chi connectivity index (χ3v) is 4.10. The van der Waals surface area contributed by atoms with Gasteiger partial charge >= 0.3 is 0 Å². The van der Waals surface area contributed by atoms with Crippen LogP contribution < -0.4 is 5.32 Å². The molecule has 1 aliphatic rings. The molecule has 2 atom stereocenters. The van der Waals surface area contributed by atoms with Gasteiger partial charge in [-0.15, -0.1) is 0 Å². The molecule has 2 rings (SSSR count). The lowest BCUT2D eigenvalue weighted by Gasteiger charge is -2.37. The summed E-state index contributed by atoms with van der Waals surface area (Å²) in [5.41, 5.74) is 1.37. The molecule has 1 fully saturated rings. The largest absolute Gasteiger partial charge is 0.316 e. The third-order valence-electron chi connectivity index (χ3n) is 3.67. The van der Waals surface area contributed by atoms with Crippen LogP contribution in [-0.2, 0) is 6.42 Å². The second-order valence-electron chi connectivity index (χ2n) is 5.02. The lowest BCUT2D eigenvalue weighted by Crippen LogP contribution is -2.36. The van der Waals surface area contributed by atoms with Crippen molar-refractivity contribution in [3.05, 3.63) is 28.5 Å². The lowest BCUT2D eigenvalue weighted by atomic mass is 9.71. The Morgan fingerprint density at radius 3 is 2.82 bits per heavy atom. The molecule has 0 aliphatic heterocycles. The second kappa shape index (κ2) is 6.50. The van der Waals surface area contributed by atoms with E-state index < -0.39 is 0 Å². The SMILES string of the molecule is CCCNCC1CCC1Cc1cncc(Br)c1. The van der Waals surface area contributed by atoms with Crippen molar-refractivity contribution in [3.8, 4) is 0 Å². The van der Waals surface area contributed by atoms with Gasteiger partial charge in [-0.1, -0.05) is 6.92 Å². The molecular weight excluding hydrogens is 276 g/mol. The summed E-state index contributed by atoms with van der Waals surface area (Å²) < 4.78 is 1.09. The minimum absolute atomic E-state index is 0.857. The molecule has 0 bridgehead atoms. The highest BCUT2D eigenvalue weighted by Gasteiger charge is 2.30. The molecule has 94 valence electrons. The van der Waals surface area contributed by atoms with Gasteiger partial charge in [0.15, 0.2) is 0 Å². The molecule has 3 heteroatoms. The number of nitrogens with one attached hydrogen (secondary N) is 1. The quantitative estimate of drug-likeness (QED) is 0.814. The highest BCUT2D eigenvalue weighted by molar-refractivity contribution is 9.10. The Hall–Kier alpha value is -0.410. The zero-order chi connectivity index (χ0) is 12.1. The summed E-state index contributed by atoms with van der Waals surface area (Å²) in [5, 5.41) is 3.54. The fourth-order valence-electron chi connectivity index (χ4n) is 2.51.